The summed E-state index contributed by atoms with van der Waals surface area (Å²) in [6, 6.07) is 13.9. The van der Waals surface area contributed by atoms with Crippen LogP contribution in [0.2, 0.25) is 0 Å². The van der Waals surface area contributed by atoms with Gasteiger partial charge in [0.25, 0.3) is 0 Å². The quantitative estimate of drug-likeness (QED) is 0.849. The van der Waals surface area contributed by atoms with Crippen LogP contribution < -0.4 is 10.2 Å². The Bertz CT molecular complexity index is 583. The van der Waals surface area contributed by atoms with Crippen molar-refractivity contribution in [2.24, 2.45) is 0 Å². The number of aromatic nitrogens is 1. The van der Waals surface area contributed by atoms with Crippen molar-refractivity contribution in [3.63, 3.8) is 0 Å². The number of amides is 1. The molecule has 1 N–H and O–H groups in total. The van der Waals surface area contributed by atoms with E-state index in [0.29, 0.717) is 6.42 Å². The zero-order valence-electron chi connectivity index (χ0n) is 10.5. The molecule has 1 aromatic carbocycles. The predicted molar refractivity (Wildman–Crippen MR) is 75.5 cm³/mol. The molecule has 4 heteroatoms. The molecule has 0 saturated heterocycles. The van der Waals surface area contributed by atoms with E-state index in [9.17, 15) is 4.79 Å². The molecule has 19 heavy (non-hydrogen) atoms. The second-order valence-corrected chi connectivity index (χ2v) is 4.51. The zero-order chi connectivity index (χ0) is 13.1. The van der Waals surface area contributed by atoms with Crippen molar-refractivity contribution in [3.8, 4) is 0 Å². The molecule has 2 aromatic rings. The van der Waals surface area contributed by atoms with Gasteiger partial charge in [0.15, 0.2) is 5.82 Å². The predicted octanol–water partition coefficient (Wildman–Crippen LogP) is 2.95. The molecule has 1 amide bonds. The largest absolute Gasteiger partial charge is 0.325 e. The van der Waals surface area contributed by atoms with E-state index in [2.05, 4.69) is 27.3 Å². The van der Waals surface area contributed by atoms with Crippen LogP contribution in [0, 0.1) is 0 Å². The smallest absolute Gasteiger partial charge is 0.224 e. The average molecular weight is 253 g/mol. The second kappa shape index (κ2) is 5.10. The number of fused-ring (bicyclic) bond motifs is 1. The third-order valence-electron chi connectivity index (χ3n) is 3.17. The fourth-order valence-corrected chi connectivity index (χ4v) is 2.29. The number of nitrogens with zero attached hydrogens (tertiary/aromatic N) is 2. The fraction of sp³-hybridized carbons (Fsp3) is 0.200. The van der Waals surface area contributed by atoms with E-state index >= 15 is 0 Å². The van der Waals surface area contributed by atoms with Gasteiger partial charge in [0.1, 0.15) is 0 Å². The van der Waals surface area contributed by atoms with Crippen LogP contribution in [0.15, 0.2) is 48.7 Å². The van der Waals surface area contributed by atoms with E-state index < -0.39 is 0 Å². The molecule has 0 aliphatic carbocycles. The molecule has 0 saturated carbocycles. The van der Waals surface area contributed by atoms with Crippen molar-refractivity contribution in [2.45, 2.75) is 12.8 Å². The van der Waals surface area contributed by atoms with Gasteiger partial charge in [-0.15, -0.1) is 0 Å². The first-order chi connectivity index (χ1) is 9.34. The highest BCUT2D eigenvalue weighted by atomic mass is 16.1. The Kier molecular flexibility index (Phi) is 3.14. The Hall–Kier alpha value is -2.36. The van der Waals surface area contributed by atoms with Gasteiger partial charge >= 0.3 is 0 Å². The Morgan fingerprint density at radius 2 is 1.95 bits per heavy atom. The SMILES string of the molecule is O=C1CCCN(c2ccccc2)c2ncccc2N1. The van der Waals surface area contributed by atoms with E-state index in [0.717, 1.165) is 30.2 Å². The molecule has 0 bridgehead atoms. The first kappa shape index (κ1) is 11.7. The highest BCUT2D eigenvalue weighted by molar-refractivity contribution is 5.94. The molecule has 2 heterocycles. The normalized spacial score (nSPS) is 15.2. The maximum absolute atomic E-state index is 11.7. The van der Waals surface area contributed by atoms with Crippen LogP contribution in [0.25, 0.3) is 0 Å². The van der Waals surface area contributed by atoms with Crippen LogP contribution in [0.1, 0.15) is 12.8 Å². The van der Waals surface area contributed by atoms with Gasteiger partial charge in [-0.25, -0.2) is 4.98 Å². The minimum absolute atomic E-state index is 0.0574. The number of hydrogen-bond donors (Lipinski definition) is 1. The van der Waals surface area contributed by atoms with Gasteiger partial charge in [0.2, 0.25) is 5.91 Å². The highest BCUT2D eigenvalue weighted by Crippen LogP contribution is 2.31. The zero-order valence-corrected chi connectivity index (χ0v) is 10.5. The molecule has 0 atom stereocenters. The standard InChI is InChI=1S/C15H15N3O/c19-14-9-5-11-18(12-6-2-1-3-7-12)15-13(17-14)8-4-10-16-15/h1-4,6-8,10H,5,9,11H2,(H,17,19). The molecule has 1 aromatic heterocycles. The summed E-state index contributed by atoms with van der Waals surface area (Å²) in [6.07, 6.45) is 3.11. The van der Waals surface area contributed by atoms with Crippen molar-refractivity contribution in [2.75, 3.05) is 16.8 Å². The third kappa shape index (κ3) is 2.42. The number of anilines is 3. The lowest BCUT2D eigenvalue weighted by molar-refractivity contribution is -0.116. The highest BCUT2D eigenvalue weighted by Gasteiger charge is 2.19. The molecule has 3 rings (SSSR count). The van der Waals surface area contributed by atoms with Crippen LogP contribution in [0.4, 0.5) is 17.2 Å². The van der Waals surface area contributed by atoms with Gasteiger partial charge in [-0.1, -0.05) is 18.2 Å². The van der Waals surface area contributed by atoms with E-state index in [-0.39, 0.29) is 5.91 Å². The fourth-order valence-electron chi connectivity index (χ4n) is 2.29. The molecule has 1 aliphatic heterocycles. The number of carbonyl (C=O) groups excluding carboxylic acids is 1. The van der Waals surface area contributed by atoms with Gasteiger partial charge in [-0.05, 0) is 30.7 Å². The number of benzene rings is 1. The van der Waals surface area contributed by atoms with Crippen LogP contribution in [0.5, 0.6) is 0 Å². The van der Waals surface area contributed by atoms with Crippen molar-refractivity contribution < 1.29 is 4.79 Å². The summed E-state index contributed by atoms with van der Waals surface area (Å²) in [6.45, 7) is 0.793. The van der Waals surface area contributed by atoms with E-state index in [1.807, 2.05) is 30.3 Å². The lowest BCUT2D eigenvalue weighted by Gasteiger charge is -2.27. The third-order valence-corrected chi connectivity index (χ3v) is 3.17. The van der Waals surface area contributed by atoms with E-state index in [1.165, 1.54) is 0 Å². The minimum atomic E-state index is 0.0574. The van der Waals surface area contributed by atoms with Crippen molar-refractivity contribution in [1.82, 2.24) is 4.98 Å². The topological polar surface area (TPSA) is 45.2 Å². The Labute approximate surface area is 112 Å². The van der Waals surface area contributed by atoms with Crippen LogP contribution in [-0.4, -0.2) is 17.4 Å². The molecule has 96 valence electrons. The molecule has 0 spiro atoms. The van der Waals surface area contributed by atoms with Crippen LogP contribution >= 0.6 is 0 Å². The van der Waals surface area contributed by atoms with Crippen molar-refractivity contribution in [3.05, 3.63) is 48.7 Å². The Morgan fingerprint density at radius 3 is 2.79 bits per heavy atom. The number of hydrogen-bond acceptors (Lipinski definition) is 3. The lowest BCUT2D eigenvalue weighted by atomic mass is 10.2. The molecule has 1 aliphatic rings. The summed E-state index contributed by atoms with van der Waals surface area (Å²) >= 11 is 0. The van der Waals surface area contributed by atoms with Crippen LogP contribution in [0.3, 0.4) is 0 Å². The first-order valence-electron chi connectivity index (χ1n) is 6.42. The minimum Gasteiger partial charge on any atom is -0.325 e. The number of nitrogens with one attached hydrogen (secondary N) is 1. The summed E-state index contributed by atoms with van der Waals surface area (Å²) in [5, 5.41) is 2.92. The molecular weight excluding hydrogens is 238 g/mol. The average Bonchev–Trinajstić information content (AvgIpc) is 2.43. The van der Waals surface area contributed by atoms with Gasteiger partial charge in [0.05, 0.1) is 5.69 Å². The van der Waals surface area contributed by atoms with Crippen molar-refractivity contribution >= 4 is 23.1 Å². The van der Waals surface area contributed by atoms with Gasteiger partial charge in [0, 0.05) is 24.8 Å². The monoisotopic (exact) mass is 253 g/mol. The number of carbonyl (C=O) groups is 1. The van der Waals surface area contributed by atoms with E-state index in [4.69, 9.17) is 0 Å². The molecule has 0 radical (unpaired) electrons. The number of pyridine rings is 1. The molecule has 0 unspecified atom stereocenters. The molecule has 0 fully saturated rings. The summed E-state index contributed by atoms with van der Waals surface area (Å²) in [5.74, 6) is 0.865. The molecular formula is C15H15N3O. The Morgan fingerprint density at radius 1 is 1.11 bits per heavy atom. The van der Waals surface area contributed by atoms with E-state index in [1.54, 1.807) is 6.20 Å². The summed E-state index contributed by atoms with van der Waals surface area (Å²) < 4.78 is 0. The van der Waals surface area contributed by atoms with Gasteiger partial charge in [-0.3, -0.25) is 4.79 Å². The lowest BCUT2D eigenvalue weighted by Crippen LogP contribution is -2.26. The summed E-state index contributed by atoms with van der Waals surface area (Å²) in [4.78, 5) is 18.3. The number of para-hydroxylation sites is 1. The van der Waals surface area contributed by atoms with Gasteiger partial charge < -0.3 is 10.2 Å². The number of rotatable bonds is 1. The summed E-state index contributed by atoms with van der Waals surface area (Å²) in [5.41, 5.74) is 1.87. The first-order valence-corrected chi connectivity index (χ1v) is 6.42. The maximum atomic E-state index is 11.7. The second-order valence-electron chi connectivity index (χ2n) is 4.51. The molecule has 4 nitrogen and oxygen atoms in total. The Balaban J connectivity index is 2.06. The maximum Gasteiger partial charge on any atom is 0.224 e. The van der Waals surface area contributed by atoms with Crippen LogP contribution in [-0.2, 0) is 4.79 Å². The summed E-state index contributed by atoms with van der Waals surface area (Å²) in [7, 11) is 0. The van der Waals surface area contributed by atoms with Gasteiger partial charge in [-0.2, -0.15) is 0 Å². The van der Waals surface area contributed by atoms with Crippen molar-refractivity contribution in [1.29, 1.82) is 0 Å².